The fraction of sp³-hybridized carbons (Fsp3) is 0.778. The Hall–Kier alpha value is -1.04. The van der Waals surface area contributed by atoms with Crippen molar-refractivity contribution in [2.45, 2.75) is 44.6 Å². The minimum absolute atomic E-state index is 0.250. The molecule has 0 bridgehead atoms. The molecule has 0 atom stereocenters. The number of nitrogens with one attached hydrogen (secondary N) is 1. The third-order valence-electron chi connectivity index (χ3n) is 2.29. The third-order valence-corrected chi connectivity index (χ3v) is 2.29. The van der Waals surface area contributed by atoms with E-state index in [0.717, 1.165) is 12.8 Å². The molecular formula is C9H14N2O. The van der Waals surface area contributed by atoms with Crippen molar-refractivity contribution in [1.29, 1.82) is 5.26 Å². The van der Waals surface area contributed by atoms with Crippen molar-refractivity contribution in [3.05, 3.63) is 0 Å². The standard InChI is InChI=1S/C9H14N2O/c10-7-9(12)11-8-5-3-1-2-4-6-8/h8H,1-6H2,(H,11,12). The molecule has 1 aliphatic rings. The molecule has 1 fully saturated rings. The van der Waals surface area contributed by atoms with Crippen LogP contribution in [0.1, 0.15) is 38.5 Å². The van der Waals surface area contributed by atoms with Crippen LogP contribution in [0.15, 0.2) is 0 Å². The summed E-state index contributed by atoms with van der Waals surface area (Å²) in [6.45, 7) is 0. The van der Waals surface area contributed by atoms with Gasteiger partial charge in [-0.3, -0.25) is 4.79 Å². The van der Waals surface area contributed by atoms with Gasteiger partial charge in [0.25, 0.3) is 0 Å². The van der Waals surface area contributed by atoms with E-state index in [0.29, 0.717) is 0 Å². The highest BCUT2D eigenvalue weighted by molar-refractivity contribution is 5.91. The molecule has 0 aromatic carbocycles. The summed E-state index contributed by atoms with van der Waals surface area (Å²) in [4.78, 5) is 10.7. The van der Waals surface area contributed by atoms with Gasteiger partial charge in [0.15, 0.2) is 6.07 Å². The van der Waals surface area contributed by atoms with E-state index < -0.39 is 5.91 Å². The average molecular weight is 166 g/mol. The SMILES string of the molecule is N#CC(=O)NC1CCCCCC1. The van der Waals surface area contributed by atoms with Crippen LogP contribution in [0.25, 0.3) is 0 Å². The molecule has 1 saturated carbocycles. The Kier molecular flexibility index (Phi) is 3.59. The molecule has 1 rings (SSSR count). The maximum atomic E-state index is 10.7. The summed E-state index contributed by atoms with van der Waals surface area (Å²) in [5.41, 5.74) is 0. The minimum Gasteiger partial charge on any atom is -0.341 e. The number of carbonyl (C=O) groups is 1. The van der Waals surface area contributed by atoms with Gasteiger partial charge in [-0.05, 0) is 12.8 Å². The maximum absolute atomic E-state index is 10.7. The Bertz CT molecular complexity index is 187. The molecule has 0 unspecified atom stereocenters. The Labute approximate surface area is 72.8 Å². The minimum atomic E-state index is -0.484. The smallest absolute Gasteiger partial charge is 0.322 e. The maximum Gasteiger partial charge on any atom is 0.322 e. The number of nitrogens with zero attached hydrogens (tertiary/aromatic N) is 1. The normalized spacial score (nSPS) is 19.2. The summed E-state index contributed by atoms with van der Waals surface area (Å²) in [7, 11) is 0. The van der Waals surface area contributed by atoms with Gasteiger partial charge in [0.2, 0.25) is 0 Å². The van der Waals surface area contributed by atoms with E-state index in [2.05, 4.69) is 5.32 Å². The highest BCUT2D eigenvalue weighted by Crippen LogP contribution is 2.16. The lowest BCUT2D eigenvalue weighted by Gasteiger charge is -2.12. The van der Waals surface area contributed by atoms with Gasteiger partial charge in [-0.1, -0.05) is 25.7 Å². The third kappa shape index (κ3) is 2.91. The molecule has 66 valence electrons. The first-order valence-electron chi connectivity index (χ1n) is 4.53. The lowest BCUT2D eigenvalue weighted by molar-refractivity contribution is -0.116. The van der Waals surface area contributed by atoms with Gasteiger partial charge in [0, 0.05) is 6.04 Å². The number of carbonyl (C=O) groups excluding carboxylic acids is 1. The van der Waals surface area contributed by atoms with E-state index in [1.807, 2.05) is 0 Å². The monoisotopic (exact) mass is 166 g/mol. The molecule has 0 aliphatic heterocycles. The van der Waals surface area contributed by atoms with Crippen LogP contribution < -0.4 is 5.32 Å². The van der Waals surface area contributed by atoms with E-state index in [9.17, 15) is 4.79 Å². The van der Waals surface area contributed by atoms with Gasteiger partial charge in [-0.25, -0.2) is 0 Å². The second-order valence-electron chi connectivity index (χ2n) is 3.27. The molecule has 1 N–H and O–H groups in total. The van der Waals surface area contributed by atoms with Crippen molar-refractivity contribution < 1.29 is 4.79 Å². The fourth-order valence-corrected chi connectivity index (χ4v) is 1.64. The molecular weight excluding hydrogens is 152 g/mol. The van der Waals surface area contributed by atoms with Crippen LogP contribution in [0.5, 0.6) is 0 Å². The summed E-state index contributed by atoms with van der Waals surface area (Å²) in [6.07, 6.45) is 6.95. The van der Waals surface area contributed by atoms with E-state index in [1.54, 1.807) is 6.07 Å². The summed E-state index contributed by atoms with van der Waals surface area (Å²) in [5, 5.41) is 11.0. The van der Waals surface area contributed by atoms with E-state index in [1.165, 1.54) is 25.7 Å². The van der Waals surface area contributed by atoms with Crippen LogP contribution in [-0.2, 0) is 4.79 Å². The van der Waals surface area contributed by atoms with Crippen molar-refractivity contribution in [2.24, 2.45) is 0 Å². The van der Waals surface area contributed by atoms with E-state index in [-0.39, 0.29) is 6.04 Å². The van der Waals surface area contributed by atoms with Crippen LogP contribution in [0.2, 0.25) is 0 Å². The Morgan fingerprint density at radius 1 is 1.25 bits per heavy atom. The van der Waals surface area contributed by atoms with Crippen molar-refractivity contribution in [3.63, 3.8) is 0 Å². The van der Waals surface area contributed by atoms with E-state index in [4.69, 9.17) is 5.26 Å². The van der Waals surface area contributed by atoms with Gasteiger partial charge in [-0.15, -0.1) is 0 Å². The lowest BCUT2D eigenvalue weighted by atomic mass is 10.1. The summed E-state index contributed by atoms with van der Waals surface area (Å²) >= 11 is 0. The second-order valence-corrected chi connectivity index (χ2v) is 3.27. The molecule has 12 heavy (non-hydrogen) atoms. The number of nitriles is 1. The second kappa shape index (κ2) is 4.76. The van der Waals surface area contributed by atoms with Gasteiger partial charge in [-0.2, -0.15) is 5.26 Å². The molecule has 0 spiro atoms. The quantitative estimate of drug-likeness (QED) is 0.472. The zero-order valence-electron chi connectivity index (χ0n) is 7.18. The van der Waals surface area contributed by atoms with Gasteiger partial charge < -0.3 is 5.32 Å². The number of amides is 1. The fourth-order valence-electron chi connectivity index (χ4n) is 1.64. The van der Waals surface area contributed by atoms with Crippen LogP contribution in [0.4, 0.5) is 0 Å². The van der Waals surface area contributed by atoms with Crippen LogP contribution >= 0.6 is 0 Å². The van der Waals surface area contributed by atoms with Crippen molar-refractivity contribution in [3.8, 4) is 6.07 Å². The molecule has 1 aliphatic carbocycles. The Balaban J connectivity index is 2.30. The van der Waals surface area contributed by atoms with Crippen LogP contribution in [0.3, 0.4) is 0 Å². The highest BCUT2D eigenvalue weighted by Gasteiger charge is 2.13. The zero-order chi connectivity index (χ0) is 8.81. The largest absolute Gasteiger partial charge is 0.341 e. The molecule has 3 heteroatoms. The van der Waals surface area contributed by atoms with Crippen LogP contribution in [-0.4, -0.2) is 11.9 Å². The van der Waals surface area contributed by atoms with Crippen LogP contribution in [0, 0.1) is 11.3 Å². The number of hydrogen-bond donors (Lipinski definition) is 1. The molecule has 3 nitrogen and oxygen atoms in total. The predicted octanol–water partition coefficient (Wildman–Crippen LogP) is 1.35. The number of hydrogen-bond acceptors (Lipinski definition) is 2. The average Bonchev–Trinajstić information content (AvgIpc) is 2.33. The zero-order valence-corrected chi connectivity index (χ0v) is 7.18. The summed E-state index contributed by atoms with van der Waals surface area (Å²) < 4.78 is 0. The van der Waals surface area contributed by atoms with E-state index >= 15 is 0 Å². The molecule has 0 aromatic heterocycles. The first kappa shape index (κ1) is 9.05. The Morgan fingerprint density at radius 3 is 2.33 bits per heavy atom. The Morgan fingerprint density at radius 2 is 1.83 bits per heavy atom. The van der Waals surface area contributed by atoms with Gasteiger partial charge >= 0.3 is 5.91 Å². The van der Waals surface area contributed by atoms with Gasteiger partial charge in [0.05, 0.1) is 0 Å². The number of rotatable bonds is 1. The predicted molar refractivity (Wildman–Crippen MR) is 45.2 cm³/mol. The van der Waals surface area contributed by atoms with Gasteiger partial charge in [0.1, 0.15) is 0 Å². The molecule has 0 saturated heterocycles. The van der Waals surface area contributed by atoms with Crippen molar-refractivity contribution in [1.82, 2.24) is 5.32 Å². The molecule has 0 radical (unpaired) electrons. The summed E-state index contributed by atoms with van der Waals surface area (Å²) in [6, 6.07) is 1.83. The summed E-state index contributed by atoms with van der Waals surface area (Å²) in [5.74, 6) is -0.484. The first-order valence-corrected chi connectivity index (χ1v) is 4.53. The molecule has 0 heterocycles. The molecule has 0 aromatic rings. The van der Waals surface area contributed by atoms with Crippen molar-refractivity contribution in [2.75, 3.05) is 0 Å². The van der Waals surface area contributed by atoms with Crippen molar-refractivity contribution >= 4 is 5.91 Å². The lowest BCUT2D eigenvalue weighted by Crippen LogP contribution is -2.33. The highest BCUT2D eigenvalue weighted by atomic mass is 16.1. The molecule has 1 amide bonds. The topological polar surface area (TPSA) is 52.9 Å². The first-order chi connectivity index (χ1) is 5.83.